The second-order valence-electron chi connectivity index (χ2n) is 7.17. The predicted molar refractivity (Wildman–Crippen MR) is 95.0 cm³/mol. The number of aryl methyl sites for hydroxylation is 2. The third-order valence-corrected chi connectivity index (χ3v) is 5.14. The van der Waals surface area contributed by atoms with Gasteiger partial charge in [-0.15, -0.1) is 0 Å². The molecular formula is C18H32N4O. The lowest BCUT2D eigenvalue weighted by Gasteiger charge is -2.25. The standard InChI is InChI=1S/C18H32N4O/c1-7-18(6)9-10-22(12-18)17(19-8-2)20-11-13(3)16-14(4)21-23-15(16)5/h13H,7-12H2,1-6H3,(H,19,20). The lowest BCUT2D eigenvalue weighted by molar-refractivity contribution is 0.322. The molecule has 0 spiro atoms. The Bertz CT molecular complexity index is 532. The van der Waals surface area contributed by atoms with Crippen molar-refractivity contribution in [1.82, 2.24) is 15.4 Å². The molecule has 130 valence electrons. The first kappa shape index (κ1) is 17.8. The average Bonchev–Trinajstić information content (AvgIpc) is 3.07. The van der Waals surface area contributed by atoms with Crippen molar-refractivity contribution >= 4 is 5.96 Å². The molecule has 1 aromatic rings. The molecule has 0 bridgehead atoms. The number of rotatable bonds is 5. The summed E-state index contributed by atoms with van der Waals surface area (Å²) in [6.45, 7) is 16.8. The van der Waals surface area contributed by atoms with Crippen molar-refractivity contribution in [2.45, 2.75) is 60.3 Å². The van der Waals surface area contributed by atoms with E-state index in [-0.39, 0.29) is 0 Å². The van der Waals surface area contributed by atoms with Crippen LogP contribution in [0, 0.1) is 19.3 Å². The maximum Gasteiger partial charge on any atom is 0.193 e. The van der Waals surface area contributed by atoms with Crippen molar-refractivity contribution in [3.63, 3.8) is 0 Å². The first-order valence-corrected chi connectivity index (χ1v) is 8.86. The number of likely N-dealkylation sites (tertiary alicyclic amines) is 1. The average molecular weight is 320 g/mol. The summed E-state index contributed by atoms with van der Waals surface area (Å²) in [4.78, 5) is 7.31. The van der Waals surface area contributed by atoms with Crippen LogP contribution in [-0.2, 0) is 0 Å². The van der Waals surface area contributed by atoms with Gasteiger partial charge in [0, 0.05) is 37.7 Å². The molecule has 5 heteroatoms. The van der Waals surface area contributed by atoms with Crippen molar-refractivity contribution < 1.29 is 4.52 Å². The molecule has 0 aromatic carbocycles. The normalized spacial score (nSPS) is 23.4. The van der Waals surface area contributed by atoms with Gasteiger partial charge in [0.2, 0.25) is 0 Å². The second kappa shape index (κ2) is 7.37. The molecule has 2 rings (SSSR count). The first-order valence-electron chi connectivity index (χ1n) is 8.86. The fraction of sp³-hybridized carbons (Fsp3) is 0.778. The van der Waals surface area contributed by atoms with Gasteiger partial charge in [0.25, 0.3) is 0 Å². The SMILES string of the molecule is CCNC(=NCC(C)c1c(C)noc1C)N1CCC(C)(CC)C1. The topological polar surface area (TPSA) is 53.7 Å². The highest BCUT2D eigenvalue weighted by molar-refractivity contribution is 5.80. The number of nitrogens with one attached hydrogen (secondary N) is 1. The fourth-order valence-electron chi connectivity index (χ4n) is 3.43. The van der Waals surface area contributed by atoms with Gasteiger partial charge in [-0.05, 0) is 39.0 Å². The predicted octanol–water partition coefficient (Wildman–Crippen LogP) is 3.48. The molecule has 23 heavy (non-hydrogen) atoms. The van der Waals surface area contributed by atoms with E-state index in [0.29, 0.717) is 11.3 Å². The number of nitrogens with zero attached hydrogens (tertiary/aromatic N) is 3. The Hall–Kier alpha value is -1.52. The number of guanidine groups is 1. The zero-order valence-electron chi connectivity index (χ0n) is 15.6. The summed E-state index contributed by atoms with van der Waals surface area (Å²) in [7, 11) is 0. The lowest BCUT2D eigenvalue weighted by Crippen LogP contribution is -2.41. The van der Waals surface area contributed by atoms with Gasteiger partial charge < -0.3 is 14.7 Å². The Kier molecular flexibility index (Phi) is 5.71. The molecule has 1 aromatic heterocycles. The highest BCUT2D eigenvalue weighted by atomic mass is 16.5. The van der Waals surface area contributed by atoms with Crippen LogP contribution in [0.5, 0.6) is 0 Å². The maximum atomic E-state index is 5.29. The van der Waals surface area contributed by atoms with Crippen LogP contribution in [0.3, 0.4) is 0 Å². The summed E-state index contributed by atoms with van der Waals surface area (Å²) < 4.78 is 5.29. The van der Waals surface area contributed by atoms with E-state index in [0.717, 1.165) is 43.6 Å². The molecule has 0 amide bonds. The summed E-state index contributed by atoms with van der Waals surface area (Å²) in [5.74, 6) is 2.27. The van der Waals surface area contributed by atoms with E-state index in [1.54, 1.807) is 0 Å². The minimum Gasteiger partial charge on any atom is -0.361 e. The fourth-order valence-corrected chi connectivity index (χ4v) is 3.43. The summed E-state index contributed by atoms with van der Waals surface area (Å²) >= 11 is 0. The van der Waals surface area contributed by atoms with E-state index in [1.807, 2.05) is 13.8 Å². The summed E-state index contributed by atoms with van der Waals surface area (Å²) in [5, 5.41) is 7.51. The Balaban J connectivity index is 2.08. The van der Waals surface area contributed by atoms with E-state index in [9.17, 15) is 0 Å². The van der Waals surface area contributed by atoms with E-state index in [4.69, 9.17) is 9.52 Å². The summed E-state index contributed by atoms with van der Waals surface area (Å²) in [6.07, 6.45) is 2.46. The van der Waals surface area contributed by atoms with Gasteiger partial charge in [0.1, 0.15) is 5.76 Å². The van der Waals surface area contributed by atoms with Crippen LogP contribution in [0.4, 0.5) is 0 Å². The third kappa shape index (κ3) is 4.06. The van der Waals surface area contributed by atoms with Crippen molar-refractivity contribution in [3.8, 4) is 0 Å². The lowest BCUT2D eigenvalue weighted by atomic mass is 9.87. The molecule has 5 nitrogen and oxygen atoms in total. The van der Waals surface area contributed by atoms with Crippen molar-refractivity contribution in [1.29, 1.82) is 0 Å². The van der Waals surface area contributed by atoms with E-state index < -0.39 is 0 Å². The zero-order chi connectivity index (χ0) is 17.0. The molecule has 0 saturated carbocycles. The molecule has 1 fully saturated rings. The van der Waals surface area contributed by atoms with E-state index in [1.165, 1.54) is 18.4 Å². The number of hydrogen-bond acceptors (Lipinski definition) is 3. The number of aromatic nitrogens is 1. The van der Waals surface area contributed by atoms with Crippen molar-refractivity contribution in [2.24, 2.45) is 10.4 Å². The van der Waals surface area contributed by atoms with Crippen LogP contribution in [0.2, 0.25) is 0 Å². The van der Waals surface area contributed by atoms with Gasteiger partial charge in [0.15, 0.2) is 5.96 Å². The van der Waals surface area contributed by atoms with Crippen LogP contribution in [0.1, 0.15) is 63.5 Å². The summed E-state index contributed by atoms with van der Waals surface area (Å²) in [6, 6.07) is 0. The molecular weight excluding hydrogens is 288 g/mol. The second-order valence-corrected chi connectivity index (χ2v) is 7.17. The number of hydrogen-bond donors (Lipinski definition) is 1. The van der Waals surface area contributed by atoms with Crippen LogP contribution in [0.15, 0.2) is 9.52 Å². The molecule has 0 radical (unpaired) electrons. The minimum absolute atomic E-state index is 0.315. The molecule has 2 heterocycles. The monoisotopic (exact) mass is 320 g/mol. The van der Waals surface area contributed by atoms with Crippen molar-refractivity contribution in [2.75, 3.05) is 26.2 Å². The van der Waals surface area contributed by atoms with Crippen LogP contribution < -0.4 is 5.32 Å². The Morgan fingerprint density at radius 3 is 2.70 bits per heavy atom. The molecule has 2 unspecified atom stereocenters. The van der Waals surface area contributed by atoms with Gasteiger partial charge in [-0.3, -0.25) is 4.99 Å². The minimum atomic E-state index is 0.315. The molecule has 0 aliphatic carbocycles. The third-order valence-electron chi connectivity index (χ3n) is 5.14. The Morgan fingerprint density at radius 1 is 1.43 bits per heavy atom. The largest absolute Gasteiger partial charge is 0.361 e. The van der Waals surface area contributed by atoms with Crippen molar-refractivity contribution in [3.05, 3.63) is 17.0 Å². The van der Waals surface area contributed by atoms with Crippen LogP contribution in [-0.4, -0.2) is 42.2 Å². The molecule has 1 N–H and O–H groups in total. The Morgan fingerprint density at radius 2 is 2.17 bits per heavy atom. The summed E-state index contributed by atoms with van der Waals surface area (Å²) in [5.41, 5.74) is 2.60. The highest BCUT2D eigenvalue weighted by Crippen LogP contribution is 2.33. The smallest absolute Gasteiger partial charge is 0.193 e. The quantitative estimate of drug-likeness (QED) is 0.666. The van der Waals surface area contributed by atoms with Gasteiger partial charge in [-0.25, -0.2) is 0 Å². The number of aliphatic imine (C=N–C) groups is 1. The van der Waals surface area contributed by atoms with Crippen LogP contribution in [0.25, 0.3) is 0 Å². The maximum absolute atomic E-state index is 5.29. The zero-order valence-corrected chi connectivity index (χ0v) is 15.6. The highest BCUT2D eigenvalue weighted by Gasteiger charge is 2.33. The van der Waals surface area contributed by atoms with Gasteiger partial charge in [-0.1, -0.05) is 25.9 Å². The molecule has 1 aliphatic rings. The molecule has 2 atom stereocenters. The Labute approximate surface area is 140 Å². The van der Waals surface area contributed by atoms with Crippen LogP contribution >= 0.6 is 0 Å². The van der Waals surface area contributed by atoms with Gasteiger partial charge in [-0.2, -0.15) is 0 Å². The molecule has 1 saturated heterocycles. The van der Waals surface area contributed by atoms with Gasteiger partial charge >= 0.3 is 0 Å². The van der Waals surface area contributed by atoms with Gasteiger partial charge in [0.05, 0.1) is 5.69 Å². The van der Waals surface area contributed by atoms with E-state index in [2.05, 4.69) is 43.1 Å². The molecule has 1 aliphatic heterocycles. The first-order chi connectivity index (χ1) is 10.9. The van der Waals surface area contributed by atoms with E-state index >= 15 is 0 Å².